The van der Waals surface area contributed by atoms with Crippen molar-refractivity contribution in [1.29, 1.82) is 0 Å². The van der Waals surface area contributed by atoms with Gasteiger partial charge in [-0.1, -0.05) is 6.58 Å². The van der Waals surface area contributed by atoms with Crippen molar-refractivity contribution >= 4 is 17.7 Å². The maximum absolute atomic E-state index is 13.2. The molecule has 4 heteroatoms. The topological polar surface area (TPSA) is 41.6 Å². The second kappa shape index (κ2) is 4.79. The molecule has 0 heterocycles. The van der Waals surface area contributed by atoms with Crippen LogP contribution in [0.25, 0.3) is 5.70 Å². The van der Waals surface area contributed by atoms with Gasteiger partial charge in [0.2, 0.25) is 0 Å². The van der Waals surface area contributed by atoms with E-state index < -0.39 is 0 Å². The lowest BCUT2D eigenvalue weighted by atomic mass is 10.0. The molecule has 1 aromatic rings. The molecular weight excluding hydrogens is 205 g/mol. The molecule has 0 fully saturated rings. The molecule has 0 atom stereocenters. The Bertz CT molecular complexity index is 436. The van der Waals surface area contributed by atoms with Crippen LogP contribution in [0.2, 0.25) is 0 Å². The van der Waals surface area contributed by atoms with Gasteiger partial charge in [-0.25, -0.2) is 9.38 Å². The summed E-state index contributed by atoms with van der Waals surface area (Å²) in [5.41, 5.74) is 8.01. The standard InChI is InChI=1S/C12H16FN3/c1-8-11(5-10(13)6-12(8)14)9(2)15-7-16(3)4/h5-7H,2,14H2,1,3-4H3/b15-7-. The van der Waals surface area contributed by atoms with Crippen LogP contribution >= 0.6 is 0 Å². The zero-order valence-corrected chi connectivity index (χ0v) is 9.79. The molecule has 0 unspecified atom stereocenters. The van der Waals surface area contributed by atoms with Gasteiger partial charge in [-0.2, -0.15) is 0 Å². The van der Waals surface area contributed by atoms with Crippen LogP contribution in [0.4, 0.5) is 10.1 Å². The molecule has 86 valence electrons. The number of hydrogen-bond donors (Lipinski definition) is 1. The average molecular weight is 221 g/mol. The first-order valence-electron chi connectivity index (χ1n) is 4.87. The number of aliphatic imine (C=N–C) groups is 1. The zero-order valence-electron chi connectivity index (χ0n) is 9.79. The molecule has 3 nitrogen and oxygen atoms in total. The van der Waals surface area contributed by atoms with Crippen LogP contribution in [-0.4, -0.2) is 25.3 Å². The van der Waals surface area contributed by atoms with Crippen molar-refractivity contribution in [3.05, 3.63) is 35.7 Å². The highest BCUT2D eigenvalue weighted by atomic mass is 19.1. The first kappa shape index (κ1) is 12.2. The van der Waals surface area contributed by atoms with Gasteiger partial charge in [0.25, 0.3) is 0 Å². The van der Waals surface area contributed by atoms with Gasteiger partial charge in [-0.05, 0) is 24.6 Å². The fraction of sp³-hybridized carbons (Fsp3) is 0.250. The Morgan fingerprint density at radius 3 is 2.69 bits per heavy atom. The van der Waals surface area contributed by atoms with E-state index in [0.717, 1.165) is 5.56 Å². The number of nitrogen functional groups attached to an aromatic ring is 1. The van der Waals surface area contributed by atoms with Gasteiger partial charge in [-0.3, -0.25) is 0 Å². The maximum atomic E-state index is 13.2. The fourth-order valence-corrected chi connectivity index (χ4v) is 1.25. The summed E-state index contributed by atoms with van der Waals surface area (Å²) < 4.78 is 13.2. The lowest BCUT2D eigenvalue weighted by molar-refractivity contribution is 0.627. The van der Waals surface area contributed by atoms with Gasteiger partial charge in [0.05, 0.1) is 12.0 Å². The lowest BCUT2D eigenvalue weighted by Gasteiger charge is -2.09. The highest BCUT2D eigenvalue weighted by molar-refractivity contribution is 5.75. The predicted octanol–water partition coefficient (Wildman–Crippen LogP) is 2.28. The molecule has 0 aliphatic carbocycles. The van der Waals surface area contributed by atoms with Crippen LogP contribution in [0, 0.1) is 12.7 Å². The van der Waals surface area contributed by atoms with E-state index in [0.29, 0.717) is 16.9 Å². The normalized spacial score (nSPS) is 10.8. The first-order valence-corrected chi connectivity index (χ1v) is 4.87. The highest BCUT2D eigenvalue weighted by Gasteiger charge is 2.07. The Kier molecular flexibility index (Phi) is 3.66. The summed E-state index contributed by atoms with van der Waals surface area (Å²) in [5.74, 6) is -0.376. The van der Waals surface area contributed by atoms with Crippen molar-refractivity contribution in [1.82, 2.24) is 4.90 Å². The molecule has 0 spiro atoms. The van der Waals surface area contributed by atoms with Crippen LogP contribution in [0.3, 0.4) is 0 Å². The van der Waals surface area contributed by atoms with E-state index in [1.807, 2.05) is 21.0 Å². The average Bonchev–Trinajstić information content (AvgIpc) is 2.19. The lowest BCUT2D eigenvalue weighted by Crippen LogP contribution is -2.07. The number of hydrogen-bond acceptors (Lipinski definition) is 2. The Morgan fingerprint density at radius 2 is 2.12 bits per heavy atom. The van der Waals surface area contributed by atoms with Crippen molar-refractivity contribution in [3.8, 4) is 0 Å². The van der Waals surface area contributed by atoms with Gasteiger partial charge >= 0.3 is 0 Å². The molecule has 0 aliphatic rings. The maximum Gasteiger partial charge on any atom is 0.125 e. The van der Waals surface area contributed by atoms with Crippen molar-refractivity contribution in [2.45, 2.75) is 6.92 Å². The summed E-state index contributed by atoms with van der Waals surface area (Å²) in [6.45, 7) is 5.61. The molecule has 0 amide bonds. The predicted molar refractivity (Wildman–Crippen MR) is 66.8 cm³/mol. The van der Waals surface area contributed by atoms with E-state index in [1.165, 1.54) is 12.1 Å². The summed E-state index contributed by atoms with van der Waals surface area (Å²) in [7, 11) is 3.70. The van der Waals surface area contributed by atoms with E-state index in [1.54, 1.807) is 11.2 Å². The van der Waals surface area contributed by atoms with Crippen molar-refractivity contribution in [2.24, 2.45) is 4.99 Å². The molecule has 0 saturated carbocycles. The van der Waals surface area contributed by atoms with Gasteiger partial charge in [0.15, 0.2) is 0 Å². The van der Waals surface area contributed by atoms with Crippen LogP contribution in [0.5, 0.6) is 0 Å². The van der Waals surface area contributed by atoms with E-state index >= 15 is 0 Å². The number of nitrogens with two attached hydrogens (primary N) is 1. The van der Waals surface area contributed by atoms with E-state index in [-0.39, 0.29) is 5.82 Å². The molecule has 0 saturated heterocycles. The van der Waals surface area contributed by atoms with Crippen LogP contribution in [0.1, 0.15) is 11.1 Å². The van der Waals surface area contributed by atoms with E-state index in [4.69, 9.17) is 5.73 Å². The summed E-state index contributed by atoms with van der Waals surface area (Å²) in [6.07, 6.45) is 1.61. The smallest absolute Gasteiger partial charge is 0.125 e. The molecule has 1 rings (SSSR count). The van der Waals surface area contributed by atoms with E-state index in [9.17, 15) is 4.39 Å². The van der Waals surface area contributed by atoms with Gasteiger partial charge in [0, 0.05) is 25.3 Å². The summed E-state index contributed by atoms with van der Waals surface area (Å²) in [4.78, 5) is 5.90. The van der Waals surface area contributed by atoms with Gasteiger partial charge in [0.1, 0.15) is 5.82 Å². The molecule has 16 heavy (non-hydrogen) atoms. The third-order valence-electron chi connectivity index (χ3n) is 2.17. The summed E-state index contributed by atoms with van der Waals surface area (Å²) in [5, 5.41) is 0. The number of nitrogens with zero attached hydrogens (tertiary/aromatic N) is 2. The Labute approximate surface area is 95.1 Å². The van der Waals surface area contributed by atoms with Crippen LogP contribution in [0.15, 0.2) is 23.7 Å². The van der Waals surface area contributed by atoms with Crippen molar-refractivity contribution in [2.75, 3.05) is 19.8 Å². The van der Waals surface area contributed by atoms with Crippen molar-refractivity contribution in [3.63, 3.8) is 0 Å². The zero-order chi connectivity index (χ0) is 12.3. The van der Waals surface area contributed by atoms with Crippen LogP contribution in [-0.2, 0) is 0 Å². The molecule has 0 radical (unpaired) electrons. The SMILES string of the molecule is C=C(/N=C\N(C)C)c1cc(F)cc(N)c1C. The number of anilines is 1. The van der Waals surface area contributed by atoms with Gasteiger partial charge < -0.3 is 10.6 Å². The first-order chi connectivity index (χ1) is 7.41. The Balaban J connectivity index is 3.09. The summed E-state index contributed by atoms with van der Waals surface area (Å²) in [6, 6.07) is 2.68. The highest BCUT2D eigenvalue weighted by Crippen LogP contribution is 2.24. The summed E-state index contributed by atoms with van der Waals surface area (Å²) >= 11 is 0. The van der Waals surface area contributed by atoms with Crippen molar-refractivity contribution < 1.29 is 4.39 Å². The molecule has 0 bridgehead atoms. The molecule has 0 aromatic heterocycles. The monoisotopic (exact) mass is 221 g/mol. The second-order valence-electron chi connectivity index (χ2n) is 3.82. The third kappa shape index (κ3) is 2.82. The number of benzene rings is 1. The Hall–Kier alpha value is -1.84. The van der Waals surface area contributed by atoms with Crippen LogP contribution < -0.4 is 5.73 Å². The largest absolute Gasteiger partial charge is 0.398 e. The quantitative estimate of drug-likeness (QED) is 0.483. The third-order valence-corrected chi connectivity index (χ3v) is 2.17. The fourth-order valence-electron chi connectivity index (χ4n) is 1.25. The number of halogens is 1. The second-order valence-corrected chi connectivity index (χ2v) is 3.82. The Morgan fingerprint density at radius 1 is 1.50 bits per heavy atom. The van der Waals surface area contributed by atoms with Gasteiger partial charge in [-0.15, -0.1) is 0 Å². The minimum atomic E-state index is -0.376. The molecule has 0 aliphatic heterocycles. The minimum absolute atomic E-state index is 0.376. The van der Waals surface area contributed by atoms with E-state index in [2.05, 4.69) is 11.6 Å². The molecule has 2 N–H and O–H groups in total. The minimum Gasteiger partial charge on any atom is -0.398 e. The molecular formula is C12H16FN3. The number of rotatable bonds is 3. The molecule has 1 aromatic carbocycles.